The molecule has 3 aromatic rings. The number of nitrogens with zero attached hydrogens (tertiary/aromatic N) is 2. The van der Waals surface area contributed by atoms with Gasteiger partial charge in [0.1, 0.15) is 23.2 Å². The quantitative estimate of drug-likeness (QED) is 0.735. The first-order valence-electron chi connectivity index (χ1n) is 6.86. The van der Waals surface area contributed by atoms with Crippen molar-refractivity contribution in [1.82, 2.24) is 9.55 Å². The molecule has 0 saturated carbocycles. The van der Waals surface area contributed by atoms with Crippen LogP contribution in [-0.4, -0.2) is 22.3 Å². The normalized spacial score (nSPS) is 10.8. The topological polar surface area (TPSA) is 64.4 Å². The van der Waals surface area contributed by atoms with E-state index in [1.165, 1.54) is 22.8 Å². The van der Waals surface area contributed by atoms with E-state index in [1.807, 2.05) is 0 Å². The van der Waals surface area contributed by atoms with Crippen molar-refractivity contribution in [2.24, 2.45) is 0 Å². The molecule has 0 bridgehead atoms. The fourth-order valence-corrected chi connectivity index (χ4v) is 2.37. The van der Waals surface area contributed by atoms with Crippen molar-refractivity contribution in [3.05, 3.63) is 70.0 Å². The van der Waals surface area contributed by atoms with Crippen LogP contribution in [0.5, 0.6) is 5.75 Å². The summed E-state index contributed by atoms with van der Waals surface area (Å²) in [4.78, 5) is 15.5. The Hall–Kier alpha value is -2.81. The Morgan fingerprint density at radius 2 is 1.88 bits per heavy atom. The van der Waals surface area contributed by atoms with E-state index in [4.69, 9.17) is 9.68 Å². The summed E-state index contributed by atoms with van der Waals surface area (Å²) in [5.41, 5.74) is -0.535. The number of hydrogen-bond donors (Lipinski definition) is 1. The molecule has 0 aliphatic rings. The highest BCUT2D eigenvalue weighted by Gasteiger charge is 2.14. The molecule has 2 aromatic carbocycles. The van der Waals surface area contributed by atoms with Gasteiger partial charge in [0.2, 0.25) is 0 Å². The van der Waals surface area contributed by atoms with E-state index in [0.29, 0.717) is 17.6 Å². The van der Waals surface area contributed by atoms with E-state index >= 15 is 0 Å². The first-order chi connectivity index (χ1) is 11.5. The standard InChI is InChI=1S/C15H10BF3N2O3/c17-8-3-12(18)11(13(19)4-8)6-21-7-20-15(22)10-5-9(24-16-23)1-2-14(10)21/h1-5,7,16,23H,6H2. The third-order valence-corrected chi connectivity index (χ3v) is 3.49. The van der Waals surface area contributed by atoms with Crippen LogP contribution in [0.1, 0.15) is 5.56 Å². The Bertz CT molecular complexity index is 955. The summed E-state index contributed by atoms with van der Waals surface area (Å²) >= 11 is 0. The van der Waals surface area contributed by atoms with E-state index < -0.39 is 30.7 Å². The molecule has 0 spiro atoms. The van der Waals surface area contributed by atoms with Crippen LogP contribution >= 0.6 is 0 Å². The Morgan fingerprint density at radius 1 is 1.17 bits per heavy atom. The van der Waals surface area contributed by atoms with Crippen LogP contribution in [0, 0.1) is 17.5 Å². The SMILES string of the molecule is O=c1ncn(Cc2c(F)cc(F)cc2F)c2ccc(OBO)cc12. The molecular weight excluding hydrogens is 324 g/mol. The van der Waals surface area contributed by atoms with E-state index in [2.05, 4.69) is 4.98 Å². The number of rotatable bonds is 4. The molecule has 0 saturated heterocycles. The summed E-state index contributed by atoms with van der Waals surface area (Å²) in [5, 5.41) is 8.92. The smallest absolute Gasteiger partial charge is 0.504 e. The Morgan fingerprint density at radius 3 is 2.54 bits per heavy atom. The van der Waals surface area contributed by atoms with Crippen LogP contribution < -0.4 is 10.2 Å². The molecule has 9 heteroatoms. The van der Waals surface area contributed by atoms with Crippen molar-refractivity contribution < 1.29 is 22.8 Å². The van der Waals surface area contributed by atoms with Gasteiger partial charge in [-0.05, 0) is 18.2 Å². The second-order valence-electron chi connectivity index (χ2n) is 4.98. The van der Waals surface area contributed by atoms with Gasteiger partial charge < -0.3 is 14.2 Å². The summed E-state index contributed by atoms with van der Waals surface area (Å²) < 4.78 is 46.9. The minimum Gasteiger partial charge on any atom is -0.539 e. The number of fused-ring (bicyclic) bond motifs is 1. The molecule has 1 aromatic heterocycles. The molecule has 1 heterocycles. The maximum Gasteiger partial charge on any atom is 0.504 e. The van der Waals surface area contributed by atoms with Gasteiger partial charge in [0.05, 0.1) is 23.8 Å². The number of halogens is 3. The van der Waals surface area contributed by atoms with Crippen LogP contribution in [0.2, 0.25) is 0 Å². The third kappa shape index (κ3) is 2.98. The maximum atomic E-state index is 13.8. The molecule has 0 aliphatic heterocycles. The van der Waals surface area contributed by atoms with Crippen LogP contribution in [0.3, 0.4) is 0 Å². The highest BCUT2D eigenvalue weighted by molar-refractivity contribution is 6.17. The molecule has 1 N–H and O–H groups in total. The average molecular weight is 334 g/mol. The first kappa shape index (κ1) is 16.1. The van der Waals surface area contributed by atoms with Gasteiger partial charge in [0.15, 0.2) is 0 Å². The average Bonchev–Trinajstić information content (AvgIpc) is 2.53. The van der Waals surface area contributed by atoms with Gasteiger partial charge in [-0.2, -0.15) is 4.98 Å². The largest absolute Gasteiger partial charge is 0.539 e. The minimum absolute atomic E-state index is 0.159. The van der Waals surface area contributed by atoms with Gasteiger partial charge in [-0.1, -0.05) is 0 Å². The molecule has 0 fully saturated rings. The third-order valence-electron chi connectivity index (χ3n) is 3.49. The van der Waals surface area contributed by atoms with Crippen molar-refractivity contribution in [1.29, 1.82) is 0 Å². The minimum atomic E-state index is -1.03. The lowest BCUT2D eigenvalue weighted by atomic mass is 10.1. The maximum absolute atomic E-state index is 13.8. The van der Waals surface area contributed by atoms with Gasteiger partial charge >= 0.3 is 7.69 Å². The fraction of sp³-hybridized carbons (Fsp3) is 0.0667. The van der Waals surface area contributed by atoms with Crippen molar-refractivity contribution in [3.63, 3.8) is 0 Å². The van der Waals surface area contributed by atoms with Crippen LogP contribution in [0.4, 0.5) is 13.2 Å². The van der Waals surface area contributed by atoms with Gasteiger partial charge in [0.25, 0.3) is 5.56 Å². The van der Waals surface area contributed by atoms with Crippen molar-refractivity contribution in [2.45, 2.75) is 6.54 Å². The Kier molecular flexibility index (Phi) is 4.26. The Labute approximate surface area is 134 Å². The van der Waals surface area contributed by atoms with E-state index in [1.54, 1.807) is 0 Å². The second-order valence-corrected chi connectivity index (χ2v) is 4.98. The molecule has 0 radical (unpaired) electrons. The number of hydrogen-bond acceptors (Lipinski definition) is 4. The zero-order valence-electron chi connectivity index (χ0n) is 12.2. The summed E-state index contributed by atoms with van der Waals surface area (Å²) in [6, 6.07) is 5.54. The lowest BCUT2D eigenvalue weighted by Crippen LogP contribution is -2.14. The van der Waals surface area contributed by atoms with Crippen molar-refractivity contribution in [3.8, 4) is 5.75 Å². The predicted octanol–water partition coefficient (Wildman–Crippen LogP) is 1.50. The first-order valence-corrected chi connectivity index (χ1v) is 6.86. The molecular formula is C15H10BF3N2O3. The van der Waals surface area contributed by atoms with Crippen molar-refractivity contribution >= 4 is 18.6 Å². The van der Waals surface area contributed by atoms with Crippen LogP contribution in [0.25, 0.3) is 10.9 Å². The summed E-state index contributed by atoms with van der Waals surface area (Å²) in [7, 11) is -0.564. The zero-order valence-corrected chi connectivity index (χ0v) is 12.2. The molecule has 5 nitrogen and oxygen atoms in total. The molecule has 3 rings (SSSR count). The van der Waals surface area contributed by atoms with Crippen LogP contribution in [0.15, 0.2) is 41.5 Å². The molecule has 0 unspecified atom stereocenters. The van der Waals surface area contributed by atoms with Gasteiger partial charge in [-0.3, -0.25) is 4.79 Å². The number of aromatic nitrogens is 2. The molecule has 0 amide bonds. The van der Waals surface area contributed by atoms with Gasteiger partial charge in [-0.25, -0.2) is 13.2 Å². The van der Waals surface area contributed by atoms with Crippen molar-refractivity contribution in [2.75, 3.05) is 0 Å². The Balaban J connectivity index is 2.11. The molecule has 0 atom stereocenters. The highest BCUT2D eigenvalue weighted by atomic mass is 19.1. The highest BCUT2D eigenvalue weighted by Crippen LogP contribution is 2.21. The summed E-state index contributed by atoms with van der Waals surface area (Å²) in [6.07, 6.45) is 1.15. The fourth-order valence-electron chi connectivity index (χ4n) is 2.37. The lowest BCUT2D eigenvalue weighted by Gasteiger charge is -2.12. The summed E-state index contributed by atoms with van der Waals surface area (Å²) in [5.74, 6) is -2.82. The number of benzene rings is 2. The monoisotopic (exact) mass is 334 g/mol. The summed E-state index contributed by atoms with van der Waals surface area (Å²) in [6.45, 7) is -0.276. The van der Waals surface area contributed by atoms with E-state index in [0.717, 1.165) is 6.33 Å². The predicted molar refractivity (Wildman–Crippen MR) is 81.4 cm³/mol. The van der Waals surface area contributed by atoms with Crippen LogP contribution in [-0.2, 0) is 6.54 Å². The molecule has 0 aliphatic carbocycles. The van der Waals surface area contributed by atoms with Gasteiger partial charge in [-0.15, -0.1) is 0 Å². The van der Waals surface area contributed by atoms with E-state index in [-0.39, 0.29) is 23.2 Å². The lowest BCUT2D eigenvalue weighted by molar-refractivity contribution is 0.454. The molecule has 122 valence electrons. The zero-order chi connectivity index (χ0) is 17.3. The van der Waals surface area contributed by atoms with E-state index in [9.17, 15) is 18.0 Å². The molecule has 24 heavy (non-hydrogen) atoms. The second kappa shape index (κ2) is 6.36. The van der Waals surface area contributed by atoms with Gasteiger partial charge in [0, 0.05) is 17.7 Å².